The van der Waals surface area contributed by atoms with Crippen molar-refractivity contribution < 1.29 is 23.1 Å². The Morgan fingerprint density at radius 3 is 2.33 bits per heavy atom. The maximum atomic E-state index is 11.4. The first-order valence-corrected chi connectivity index (χ1v) is 5.57. The number of likely N-dealkylation sites (N-methyl/N-ethyl adjacent to an activating group) is 1. The van der Waals surface area contributed by atoms with Crippen molar-refractivity contribution in [3.63, 3.8) is 0 Å². The average Bonchev–Trinajstić information content (AvgIpc) is 2.00. The Bertz CT molecular complexity index is 319. The van der Waals surface area contributed by atoms with Crippen LogP contribution in [0.5, 0.6) is 0 Å². The summed E-state index contributed by atoms with van der Waals surface area (Å²) < 4.78 is 29.4. The lowest BCUT2D eigenvalue weighted by Crippen LogP contribution is -2.46. The largest absolute Gasteiger partial charge is 0.452 e. The molecule has 0 radical (unpaired) electrons. The van der Waals surface area contributed by atoms with Crippen LogP contribution in [0.15, 0.2) is 0 Å². The van der Waals surface area contributed by atoms with Crippen molar-refractivity contribution in [3.8, 4) is 0 Å². The van der Waals surface area contributed by atoms with Crippen LogP contribution in [0.25, 0.3) is 0 Å². The highest BCUT2D eigenvalue weighted by Gasteiger charge is 2.26. The summed E-state index contributed by atoms with van der Waals surface area (Å²) in [7, 11) is -1.66. The van der Waals surface area contributed by atoms with Gasteiger partial charge in [0.2, 0.25) is 0 Å². The number of carbonyl (C=O) groups excluding carboxylic acids is 1. The number of methoxy groups -OCH3 is 1. The fourth-order valence-electron chi connectivity index (χ4n) is 0.855. The first-order chi connectivity index (χ1) is 6.58. The summed E-state index contributed by atoms with van der Waals surface area (Å²) in [5.41, 5.74) is -1.18. The van der Waals surface area contributed by atoms with Crippen molar-refractivity contribution in [1.82, 2.24) is 9.03 Å². The zero-order valence-electron chi connectivity index (χ0n) is 9.14. The van der Waals surface area contributed by atoms with E-state index in [0.717, 1.165) is 11.4 Å². The Morgan fingerprint density at radius 1 is 1.53 bits per heavy atom. The van der Waals surface area contributed by atoms with Crippen molar-refractivity contribution in [3.05, 3.63) is 0 Å². The Hall–Kier alpha value is -0.860. The molecule has 0 aliphatic carbocycles. The van der Waals surface area contributed by atoms with Crippen LogP contribution in [-0.2, 0) is 14.9 Å². The highest BCUT2D eigenvalue weighted by Crippen LogP contribution is 2.05. The summed E-state index contributed by atoms with van der Waals surface area (Å²) >= 11 is 0. The maximum Gasteiger partial charge on any atom is 0.421 e. The number of ether oxygens (including phenoxy) is 1. The standard InChI is InChI=1S/C7H16N2O5S/c1-7(2,11)5-9(3)15(12,13)8-6(10)14-4/h11H,5H2,1-4H3,(H,8,10). The molecular formula is C7H16N2O5S. The summed E-state index contributed by atoms with van der Waals surface area (Å²) in [6, 6.07) is 0. The maximum absolute atomic E-state index is 11.4. The van der Waals surface area contributed by atoms with E-state index >= 15 is 0 Å². The van der Waals surface area contributed by atoms with Gasteiger partial charge in [0, 0.05) is 13.6 Å². The van der Waals surface area contributed by atoms with E-state index in [1.807, 2.05) is 0 Å². The van der Waals surface area contributed by atoms with Gasteiger partial charge in [0.05, 0.1) is 12.7 Å². The second-order valence-corrected chi connectivity index (χ2v) is 5.44. The van der Waals surface area contributed by atoms with E-state index in [1.54, 1.807) is 4.72 Å². The van der Waals surface area contributed by atoms with E-state index in [0.29, 0.717) is 0 Å². The predicted octanol–water partition coefficient (Wildman–Crippen LogP) is -0.710. The van der Waals surface area contributed by atoms with Gasteiger partial charge in [0.15, 0.2) is 0 Å². The summed E-state index contributed by atoms with van der Waals surface area (Å²) in [5.74, 6) is 0. The SMILES string of the molecule is COC(=O)NS(=O)(=O)N(C)CC(C)(C)O. The predicted molar refractivity (Wildman–Crippen MR) is 53.4 cm³/mol. The van der Waals surface area contributed by atoms with Gasteiger partial charge in [-0.05, 0) is 13.8 Å². The number of nitrogens with zero attached hydrogens (tertiary/aromatic N) is 1. The molecule has 0 rings (SSSR count). The molecule has 8 heteroatoms. The van der Waals surface area contributed by atoms with Crippen LogP contribution in [0.2, 0.25) is 0 Å². The van der Waals surface area contributed by atoms with E-state index in [-0.39, 0.29) is 6.54 Å². The van der Waals surface area contributed by atoms with Crippen molar-refractivity contribution in [2.24, 2.45) is 0 Å². The van der Waals surface area contributed by atoms with Crippen LogP contribution in [-0.4, -0.2) is 50.2 Å². The molecule has 0 fully saturated rings. The number of aliphatic hydroxyl groups is 1. The highest BCUT2D eigenvalue weighted by molar-refractivity contribution is 7.87. The summed E-state index contributed by atoms with van der Waals surface area (Å²) in [6.45, 7) is 2.77. The lowest BCUT2D eigenvalue weighted by molar-refractivity contribution is 0.0636. The molecule has 0 saturated heterocycles. The molecule has 0 bridgehead atoms. The quantitative estimate of drug-likeness (QED) is 0.676. The van der Waals surface area contributed by atoms with E-state index < -0.39 is 21.9 Å². The molecule has 90 valence electrons. The first-order valence-electron chi connectivity index (χ1n) is 4.13. The van der Waals surface area contributed by atoms with Gasteiger partial charge >= 0.3 is 16.3 Å². The van der Waals surface area contributed by atoms with Crippen LogP contribution in [0.3, 0.4) is 0 Å². The van der Waals surface area contributed by atoms with Gasteiger partial charge in [-0.3, -0.25) is 0 Å². The minimum atomic E-state index is -3.96. The minimum absolute atomic E-state index is 0.140. The summed E-state index contributed by atoms with van der Waals surface area (Å²) in [6.07, 6.45) is -1.07. The fraction of sp³-hybridized carbons (Fsp3) is 0.857. The van der Waals surface area contributed by atoms with E-state index in [1.165, 1.54) is 20.9 Å². The molecule has 0 atom stereocenters. The molecule has 0 aromatic carbocycles. The molecule has 1 amide bonds. The van der Waals surface area contributed by atoms with Gasteiger partial charge in [-0.2, -0.15) is 12.7 Å². The highest BCUT2D eigenvalue weighted by atomic mass is 32.2. The molecule has 0 aliphatic rings. The third kappa shape index (κ3) is 5.55. The number of rotatable bonds is 4. The van der Waals surface area contributed by atoms with Crippen LogP contribution in [0, 0.1) is 0 Å². The molecule has 0 saturated carbocycles. The smallest absolute Gasteiger partial charge is 0.421 e. The fourth-order valence-corrected chi connectivity index (χ4v) is 1.79. The molecule has 0 unspecified atom stereocenters. The van der Waals surface area contributed by atoms with E-state index in [9.17, 15) is 18.3 Å². The Labute approximate surface area is 89.2 Å². The van der Waals surface area contributed by atoms with Gasteiger partial charge in [-0.1, -0.05) is 0 Å². The molecule has 0 spiro atoms. The molecule has 2 N–H and O–H groups in total. The normalized spacial score (nSPS) is 12.7. The van der Waals surface area contributed by atoms with Crippen molar-refractivity contribution in [1.29, 1.82) is 0 Å². The topological polar surface area (TPSA) is 95.9 Å². The number of carbonyl (C=O) groups is 1. The summed E-state index contributed by atoms with van der Waals surface area (Å²) in [5, 5.41) is 9.39. The zero-order chi connectivity index (χ0) is 12.3. The van der Waals surface area contributed by atoms with E-state index in [2.05, 4.69) is 4.74 Å². The number of nitrogens with one attached hydrogen (secondary N) is 1. The third-order valence-electron chi connectivity index (χ3n) is 1.42. The van der Waals surface area contributed by atoms with Gasteiger partial charge in [0.25, 0.3) is 0 Å². The molecule has 0 aromatic rings. The van der Waals surface area contributed by atoms with Crippen molar-refractivity contribution >= 4 is 16.3 Å². The van der Waals surface area contributed by atoms with Crippen LogP contribution in [0.1, 0.15) is 13.8 Å². The first kappa shape index (κ1) is 14.1. The van der Waals surface area contributed by atoms with E-state index in [4.69, 9.17) is 0 Å². The molecule has 0 heterocycles. The van der Waals surface area contributed by atoms with Crippen LogP contribution in [0.4, 0.5) is 4.79 Å². The molecule has 0 aromatic heterocycles. The lowest BCUT2D eigenvalue weighted by Gasteiger charge is -2.24. The van der Waals surface area contributed by atoms with Gasteiger partial charge in [0.1, 0.15) is 0 Å². The second-order valence-electron chi connectivity index (χ2n) is 3.67. The molecule has 15 heavy (non-hydrogen) atoms. The number of amides is 1. The minimum Gasteiger partial charge on any atom is -0.452 e. The molecule has 0 aliphatic heterocycles. The Balaban J connectivity index is 4.54. The van der Waals surface area contributed by atoms with Crippen molar-refractivity contribution in [2.45, 2.75) is 19.4 Å². The average molecular weight is 240 g/mol. The second kappa shape index (κ2) is 4.77. The van der Waals surface area contributed by atoms with Crippen LogP contribution >= 0.6 is 0 Å². The van der Waals surface area contributed by atoms with Gasteiger partial charge in [-0.15, -0.1) is 0 Å². The molecule has 7 nitrogen and oxygen atoms in total. The van der Waals surface area contributed by atoms with Crippen LogP contribution < -0.4 is 4.72 Å². The Morgan fingerprint density at radius 2 is 2.00 bits per heavy atom. The number of hydrogen-bond acceptors (Lipinski definition) is 5. The zero-order valence-corrected chi connectivity index (χ0v) is 9.96. The van der Waals surface area contributed by atoms with Gasteiger partial charge < -0.3 is 9.84 Å². The van der Waals surface area contributed by atoms with Gasteiger partial charge in [-0.25, -0.2) is 9.52 Å². The number of hydrogen-bond donors (Lipinski definition) is 2. The lowest BCUT2D eigenvalue weighted by atomic mass is 10.1. The van der Waals surface area contributed by atoms with Crippen molar-refractivity contribution in [2.75, 3.05) is 20.7 Å². The molecular weight excluding hydrogens is 224 g/mol. The third-order valence-corrected chi connectivity index (χ3v) is 2.79. The summed E-state index contributed by atoms with van der Waals surface area (Å²) in [4.78, 5) is 10.7. The monoisotopic (exact) mass is 240 g/mol. The Kier molecular flexibility index (Phi) is 4.50.